The quantitative estimate of drug-likeness (QED) is 0.224. The van der Waals surface area contributed by atoms with E-state index in [1.54, 1.807) is 31.3 Å². The lowest BCUT2D eigenvalue weighted by Gasteiger charge is -2.26. The van der Waals surface area contributed by atoms with E-state index in [0.29, 0.717) is 29.9 Å². The zero-order chi connectivity index (χ0) is 30.5. The summed E-state index contributed by atoms with van der Waals surface area (Å²) in [5.74, 6) is -0.387. The molecule has 0 unspecified atom stereocenters. The number of esters is 1. The second-order valence-corrected chi connectivity index (χ2v) is 10.9. The van der Waals surface area contributed by atoms with Crippen molar-refractivity contribution < 1.29 is 19.1 Å². The van der Waals surface area contributed by atoms with Crippen LogP contribution in [0.4, 0.5) is 17.2 Å². The van der Waals surface area contributed by atoms with Crippen molar-refractivity contribution in [3.05, 3.63) is 94.7 Å². The van der Waals surface area contributed by atoms with E-state index < -0.39 is 18.1 Å². The van der Waals surface area contributed by atoms with Crippen molar-refractivity contribution in [2.45, 2.75) is 58.5 Å². The van der Waals surface area contributed by atoms with E-state index in [1.807, 2.05) is 56.3 Å². The molecule has 0 saturated heterocycles. The summed E-state index contributed by atoms with van der Waals surface area (Å²) in [6.07, 6.45) is 3.40. The third-order valence-corrected chi connectivity index (χ3v) is 7.82. The molecule has 6 rings (SSSR count). The number of anilines is 3. The first-order chi connectivity index (χ1) is 20.7. The van der Waals surface area contributed by atoms with Gasteiger partial charge in [-0.15, -0.1) is 0 Å². The number of fused-ring (bicyclic) bond motifs is 10. The number of benzene rings is 3. The Bertz CT molecular complexity index is 1660. The topological polar surface area (TPSA) is 135 Å². The normalized spacial score (nSPS) is 17.3. The maximum absolute atomic E-state index is 14.2. The maximum Gasteiger partial charge on any atom is 0.308 e. The van der Waals surface area contributed by atoms with Gasteiger partial charge in [0.05, 0.1) is 19.1 Å². The Morgan fingerprint density at radius 2 is 1.81 bits per heavy atom. The number of rotatable bonds is 5. The fourth-order valence-corrected chi connectivity index (χ4v) is 5.72. The Labute approximate surface area is 251 Å². The summed E-state index contributed by atoms with van der Waals surface area (Å²) >= 11 is 0. The molecule has 5 N–H and O–H groups in total. The molecule has 0 aliphatic carbocycles. The van der Waals surface area contributed by atoms with Gasteiger partial charge in [0.25, 0.3) is 0 Å². The van der Waals surface area contributed by atoms with Gasteiger partial charge in [-0.1, -0.05) is 24.3 Å². The molecular formula is C34H37N5O4. The minimum atomic E-state index is -0.774. The average Bonchev–Trinajstić information content (AvgIpc) is 2.96. The van der Waals surface area contributed by atoms with Crippen molar-refractivity contribution in [1.82, 2.24) is 10.3 Å². The number of carbonyl (C=O) groups is 3. The average molecular weight is 580 g/mol. The van der Waals surface area contributed by atoms with Crippen LogP contribution in [0.3, 0.4) is 0 Å². The van der Waals surface area contributed by atoms with E-state index in [9.17, 15) is 14.4 Å². The Hall–Kier alpha value is -4.92. The fraction of sp³-hybridized carbons (Fsp3) is 0.294. The number of aromatic nitrogens is 1. The lowest BCUT2D eigenvalue weighted by atomic mass is 9.92. The highest BCUT2D eigenvalue weighted by molar-refractivity contribution is 5.94. The van der Waals surface area contributed by atoms with Crippen LogP contribution < -0.4 is 21.7 Å². The molecular weight excluding hydrogens is 542 g/mol. The molecule has 9 nitrogen and oxygen atoms in total. The lowest BCUT2D eigenvalue weighted by Crippen LogP contribution is -2.37. The standard InChI is InChI=1S/C34H37N5O4/c1-4-43-31(41)19-29-23-7-5-8-25(18-23)37-30(40)10-6-9-27-20(2)15-24(16-21(27)3)32(34(42)39-29)38-26-11-12-28-22(17-26)13-14-36-33(28)35/h5,7-8,11-18,29,32,38H,4,6,9-10,19H2,1-3H3,(H2,35,36)(H,37,40)(H,39,42)/t29-,32-/m1/s1. The van der Waals surface area contributed by atoms with E-state index in [0.717, 1.165) is 39.6 Å². The van der Waals surface area contributed by atoms with Gasteiger partial charge in [0, 0.05) is 29.4 Å². The van der Waals surface area contributed by atoms with Gasteiger partial charge in [-0.25, -0.2) is 4.98 Å². The molecule has 0 fully saturated rings. The van der Waals surface area contributed by atoms with Crippen molar-refractivity contribution in [2.75, 3.05) is 23.0 Å². The Morgan fingerprint density at radius 3 is 2.58 bits per heavy atom. The zero-order valence-electron chi connectivity index (χ0n) is 24.7. The van der Waals surface area contributed by atoms with Crippen molar-refractivity contribution in [1.29, 1.82) is 0 Å². The van der Waals surface area contributed by atoms with Crippen LogP contribution in [0.5, 0.6) is 0 Å². The van der Waals surface area contributed by atoms with Crippen LogP contribution in [0.15, 0.2) is 66.9 Å². The van der Waals surface area contributed by atoms with Crippen LogP contribution in [0.2, 0.25) is 0 Å². The van der Waals surface area contributed by atoms with E-state index in [1.165, 1.54) is 5.56 Å². The number of nitrogens with one attached hydrogen (secondary N) is 3. The number of nitrogens with zero attached hydrogens (tertiary/aromatic N) is 1. The van der Waals surface area contributed by atoms with Crippen molar-refractivity contribution in [3.63, 3.8) is 0 Å². The highest BCUT2D eigenvalue weighted by Gasteiger charge is 2.27. The molecule has 0 radical (unpaired) electrons. The Balaban J connectivity index is 1.58. The molecule has 2 aliphatic heterocycles. The van der Waals surface area contributed by atoms with E-state index >= 15 is 0 Å². The van der Waals surface area contributed by atoms with E-state index in [2.05, 4.69) is 20.9 Å². The number of carbonyl (C=O) groups excluding carboxylic acids is 3. The molecule has 9 heteroatoms. The summed E-state index contributed by atoms with van der Waals surface area (Å²) in [6, 6.07) is 17.4. The third kappa shape index (κ3) is 6.94. The highest BCUT2D eigenvalue weighted by Crippen LogP contribution is 2.30. The third-order valence-electron chi connectivity index (χ3n) is 7.82. The lowest BCUT2D eigenvalue weighted by molar-refractivity contribution is -0.143. The second kappa shape index (κ2) is 12.9. The monoisotopic (exact) mass is 579 g/mol. The molecule has 4 aromatic rings. The molecule has 43 heavy (non-hydrogen) atoms. The highest BCUT2D eigenvalue weighted by atomic mass is 16.5. The first-order valence-corrected chi connectivity index (χ1v) is 14.6. The minimum Gasteiger partial charge on any atom is -0.466 e. The Morgan fingerprint density at radius 1 is 1.02 bits per heavy atom. The van der Waals surface area contributed by atoms with Crippen LogP contribution in [0.25, 0.3) is 10.8 Å². The van der Waals surface area contributed by atoms with Gasteiger partial charge in [0.2, 0.25) is 11.8 Å². The summed E-state index contributed by atoms with van der Waals surface area (Å²) in [5.41, 5.74) is 12.1. The van der Waals surface area contributed by atoms with Gasteiger partial charge in [0.15, 0.2) is 0 Å². The molecule has 3 aromatic carbocycles. The molecule has 222 valence electrons. The number of pyridine rings is 1. The first kappa shape index (κ1) is 29.6. The second-order valence-electron chi connectivity index (χ2n) is 10.9. The number of aryl methyl sites for hydroxylation is 2. The summed E-state index contributed by atoms with van der Waals surface area (Å²) in [7, 11) is 0. The van der Waals surface area contributed by atoms with Crippen LogP contribution in [0.1, 0.15) is 66.1 Å². The van der Waals surface area contributed by atoms with Crippen molar-refractivity contribution in [2.24, 2.45) is 0 Å². The molecule has 2 amide bonds. The van der Waals surface area contributed by atoms with Crippen LogP contribution in [-0.2, 0) is 25.5 Å². The van der Waals surface area contributed by atoms with Crippen molar-refractivity contribution in [3.8, 4) is 0 Å². The summed E-state index contributed by atoms with van der Waals surface area (Å²) < 4.78 is 5.24. The number of hydrogen-bond acceptors (Lipinski definition) is 7. The minimum absolute atomic E-state index is 0.0665. The van der Waals surface area contributed by atoms with Crippen LogP contribution in [0, 0.1) is 13.8 Å². The molecule has 2 aliphatic rings. The van der Waals surface area contributed by atoms with Gasteiger partial charge in [-0.3, -0.25) is 14.4 Å². The zero-order valence-corrected chi connectivity index (χ0v) is 24.7. The number of nitrogens with two attached hydrogens (primary N) is 1. The first-order valence-electron chi connectivity index (χ1n) is 14.6. The fourth-order valence-electron chi connectivity index (χ4n) is 5.72. The van der Waals surface area contributed by atoms with Crippen molar-refractivity contribution >= 4 is 45.7 Å². The van der Waals surface area contributed by atoms with Gasteiger partial charge in [-0.2, -0.15) is 0 Å². The molecule has 2 atom stereocenters. The number of hydrogen-bond donors (Lipinski definition) is 4. The van der Waals surface area contributed by atoms with E-state index in [4.69, 9.17) is 10.5 Å². The van der Waals surface area contributed by atoms with Gasteiger partial charge in [-0.05, 0) is 103 Å². The van der Waals surface area contributed by atoms with Crippen LogP contribution in [-0.4, -0.2) is 29.4 Å². The number of amides is 2. The maximum atomic E-state index is 14.2. The number of ether oxygens (including phenoxy) is 1. The van der Waals surface area contributed by atoms with Gasteiger partial charge in [0.1, 0.15) is 11.9 Å². The van der Waals surface area contributed by atoms with Gasteiger partial charge >= 0.3 is 5.97 Å². The molecule has 3 heterocycles. The SMILES string of the molecule is CCOC(=O)C[C@H]1NC(=O)[C@H](Nc2ccc3c(N)nccc3c2)c2cc(C)c(c(C)c2)CCCC(=O)Nc2cccc1c2. The molecule has 4 bridgehead atoms. The smallest absolute Gasteiger partial charge is 0.308 e. The molecule has 0 spiro atoms. The number of nitrogen functional groups attached to an aromatic ring is 1. The largest absolute Gasteiger partial charge is 0.466 e. The summed E-state index contributed by atoms with van der Waals surface area (Å²) in [5, 5.41) is 11.2. The summed E-state index contributed by atoms with van der Waals surface area (Å²) in [4.78, 5) is 43.8. The Kier molecular flexibility index (Phi) is 8.90. The predicted molar refractivity (Wildman–Crippen MR) is 169 cm³/mol. The molecule has 0 saturated carbocycles. The summed E-state index contributed by atoms with van der Waals surface area (Å²) in [6.45, 7) is 6.04. The van der Waals surface area contributed by atoms with Crippen LogP contribution >= 0.6 is 0 Å². The van der Waals surface area contributed by atoms with Gasteiger partial charge < -0.3 is 26.4 Å². The van der Waals surface area contributed by atoms with E-state index in [-0.39, 0.29) is 24.8 Å². The predicted octanol–water partition coefficient (Wildman–Crippen LogP) is 5.67. The molecule has 1 aromatic heterocycles.